The number of nitrogens with zero attached hydrogens (tertiary/aromatic N) is 2. The van der Waals surface area contributed by atoms with E-state index >= 15 is 0 Å². The largest absolute Gasteiger partial charge is 0.496 e. The van der Waals surface area contributed by atoms with Crippen LogP contribution >= 0.6 is 0 Å². The molecular weight excluding hydrogens is 328 g/mol. The Morgan fingerprint density at radius 1 is 1.31 bits per heavy atom. The average molecular weight is 356 g/mol. The molecule has 5 heteroatoms. The van der Waals surface area contributed by atoms with Gasteiger partial charge in [-0.2, -0.15) is 0 Å². The van der Waals surface area contributed by atoms with Gasteiger partial charge >= 0.3 is 0 Å². The first-order chi connectivity index (χ1) is 12.7. The molecule has 0 N–H and O–H groups in total. The number of furan rings is 1. The van der Waals surface area contributed by atoms with Gasteiger partial charge < -0.3 is 19.0 Å². The predicted octanol–water partition coefficient (Wildman–Crippen LogP) is 3.31. The van der Waals surface area contributed by atoms with Crippen LogP contribution in [-0.2, 0) is 6.42 Å². The highest BCUT2D eigenvalue weighted by molar-refractivity contribution is 5.91. The molecule has 1 atom stereocenters. The van der Waals surface area contributed by atoms with Gasteiger partial charge in [-0.25, -0.2) is 0 Å². The first-order valence-corrected chi connectivity index (χ1v) is 9.30. The summed E-state index contributed by atoms with van der Waals surface area (Å²) in [7, 11) is 3.58. The van der Waals surface area contributed by atoms with Crippen LogP contribution in [0.3, 0.4) is 0 Å². The molecule has 0 saturated carbocycles. The van der Waals surface area contributed by atoms with Gasteiger partial charge in [0.15, 0.2) is 5.76 Å². The molecular formula is C21H28N2O3. The highest BCUT2D eigenvalue weighted by atomic mass is 16.5. The van der Waals surface area contributed by atoms with Gasteiger partial charge in [0.2, 0.25) is 0 Å². The molecule has 1 aromatic carbocycles. The summed E-state index contributed by atoms with van der Waals surface area (Å²) < 4.78 is 10.7. The SMILES string of the molecule is COc1ccccc1CCN1CCC[C@@H](CN(C)C(=O)c2ccco2)C1. The number of hydrogen-bond acceptors (Lipinski definition) is 4. The molecule has 1 aromatic heterocycles. The summed E-state index contributed by atoms with van der Waals surface area (Å²) >= 11 is 0. The quantitative estimate of drug-likeness (QED) is 0.763. The molecule has 140 valence electrons. The lowest BCUT2D eigenvalue weighted by molar-refractivity contribution is 0.0700. The van der Waals surface area contributed by atoms with Crippen LogP contribution in [0.15, 0.2) is 47.1 Å². The number of piperidine rings is 1. The number of carbonyl (C=O) groups is 1. The fraction of sp³-hybridized carbons (Fsp3) is 0.476. The Bertz CT molecular complexity index is 699. The van der Waals surface area contributed by atoms with Crippen LogP contribution in [0.5, 0.6) is 5.75 Å². The molecule has 1 saturated heterocycles. The standard InChI is InChI=1S/C21H28N2O3/c1-22(21(24)20-10-6-14-26-20)15-17-7-5-12-23(16-17)13-11-18-8-3-4-9-19(18)25-2/h3-4,6,8-10,14,17H,5,7,11-13,15-16H2,1-2H3/t17-/m0/s1. The molecule has 0 bridgehead atoms. The molecule has 2 aromatic rings. The lowest BCUT2D eigenvalue weighted by Gasteiger charge is -2.34. The molecule has 2 heterocycles. The second-order valence-corrected chi connectivity index (χ2v) is 7.03. The fourth-order valence-corrected chi connectivity index (χ4v) is 3.75. The van der Waals surface area contributed by atoms with Crippen molar-refractivity contribution in [3.05, 3.63) is 54.0 Å². The Balaban J connectivity index is 1.50. The smallest absolute Gasteiger partial charge is 0.289 e. The van der Waals surface area contributed by atoms with Crippen molar-refractivity contribution >= 4 is 5.91 Å². The normalized spacial score (nSPS) is 17.8. The van der Waals surface area contributed by atoms with E-state index in [1.807, 2.05) is 19.2 Å². The molecule has 1 aliphatic heterocycles. The second-order valence-electron chi connectivity index (χ2n) is 7.03. The summed E-state index contributed by atoms with van der Waals surface area (Å²) in [5.41, 5.74) is 1.25. The third-order valence-corrected chi connectivity index (χ3v) is 5.10. The van der Waals surface area contributed by atoms with Crippen LogP contribution in [0.25, 0.3) is 0 Å². The zero-order chi connectivity index (χ0) is 18.4. The van der Waals surface area contributed by atoms with Gasteiger partial charge in [0.25, 0.3) is 5.91 Å². The zero-order valence-electron chi connectivity index (χ0n) is 15.7. The Labute approximate surface area is 155 Å². The number of benzene rings is 1. The molecule has 1 amide bonds. The highest BCUT2D eigenvalue weighted by Gasteiger charge is 2.24. The number of carbonyl (C=O) groups excluding carboxylic acids is 1. The third-order valence-electron chi connectivity index (χ3n) is 5.10. The summed E-state index contributed by atoms with van der Waals surface area (Å²) in [5, 5.41) is 0. The summed E-state index contributed by atoms with van der Waals surface area (Å²) in [4.78, 5) is 16.6. The molecule has 5 nitrogen and oxygen atoms in total. The van der Waals surface area contributed by atoms with Gasteiger partial charge in [-0.3, -0.25) is 4.79 Å². The van der Waals surface area contributed by atoms with Crippen molar-refractivity contribution in [3.8, 4) is 5.75 Å². The van der Waals surface area contributed by atoms with E-state index in [4.69, 9.17) is 9.15 Å². The lowest BCUT2D eigenvalue weighted by Crippen LogP contribution is -2.42. The fourth-order valence-electron chi connectivity index (χ4n) is 3.75. The maximum Gasteiger partial charge on any atom is 0.289 e. The van der Waals surface area contributed by atoms with Crippen LogP contribution in [0, 0.1) is 5.92 Å². The van der Waals surface area contributed by atoms with Gasteiger partial charge in [-0.1, -0.05) is 18.2 Å². The lowest BCUT2D eigenvalue weighted by atomic mass is 9.97. The summed E-state index contributed by atoms with van der Waals surface area (Å²) in [6.07, 6.45) is 4.87. The number of amides is 1. The molecule has 0 aliphatic carbocycles. The van der Waals surface area contributed by atoms with Crippen molar-refractivity contribution in [2.45, 2.75) is 19.3 Å². The molecule has 0 spiro atoms. The third kappa shape index (κ3) is 4.67. The van der Waals surface area contributed by atoms with E-state index in [1.54, 1.807) is 30.4 Å². The molecule has 26 heavy (non-hydrogen) atoms. The number of methoxy groups -OCH3 is 1. The van der Waals surface area contributed by atoms with E-state index in [9.17, 15) is 4.79 Å². The number of likely N-dealkylation sites (tertiary alicyclic amines) is 1. The first kappa shape index (κ1) is 18.5. The van der Waals surface area contributed by atoms with Crippen molar-refractivity contribution in [3.63, 3.8) is 0 Å². The maximum atomic E-state index is 12.3. The van der Waals surface area contributed by atoms with Crippen LogP contribution in [0.4, 0.5) is 0 Å². The van der Waals surface area contributed by atoms with Gasteiger partial charge in [-0.05, 0) is 55.5 Å². The molecule has 3 rings (SSSR count). The molecule has 1 aliphatic rings. The van der Waals surface area contributed by atoms with Crippen LogP contribution in [0.2, 0.25) is 0 Å². The Morgan fingerprint density at radius 2 is 2.15 bits per heavy atom. The van der Waals surface area contributed by atoms with Crippen molar-refractivity contribution in [1.29, 1.82) is 0 Å². The highest BCUT2D eigenvalue weighted by Crippen LogP contribution is 2.21. The molecule has 0 radical (unpaired) electrons. The summed E-state index contributed by atoms with van der Waals surface area (Å²) in [6, 6.07) is 11.7. The monoisotopic (exact) mass is 356 g/mol. The Kier molecular flexibility index (Phi) is 6.34. The number of rotatable bonds is 7. The van der Waals surface area contributed by atoms with E-state index in [-0.39, 0.29) is 5.91 Å². The molecule has 0 unspecified atom stereocenters. The minimum Gasteiger partial charge on any atom is -0.496 e. The van der Waals surface area contributed by atoms with Gasteiger partial charge in [0.05, 0.1) is 13.4 Å². The van der Waals surface area contributed by atoms with E-state index in [1.165, 1.54) is 18.4 Å². The van der Waals surface area contributed by atoms with Crippen LogP contribution in [0.1, 0.15) is 29.0 Å². The Morgan fingerprint density at radius 3 is 2.92 bits per heavy atom. The van der Waals surface area contributed by atoms with E-state index < -0.39 is 0 Å². The van der Waals surface area contributed by atoms with Crippen molar-refractivity contribution < 1.29 is 13.9 Å². The van der Waals surface area contributed by atoms with Gasteiger partial charge in [-0.15, -0.1) is 0 Å². The average Bonchev–Trinajstić information content (AvgIpc) is 3.21. The first-order valence-electron chi connectivity index (χ1n) is 9.30. The topological polar surface area (TPSA) is 45.9 Å². The Hall–Kier alpha value is -2.27. The van der Waals surface area contributed by atoms with Crippen molar-refractivity contribution in [2.75, 3.05) is 40.3 Å². The van der Waals surface area contributed by atoms with Crippen LogP contribution < -0.4 is 4.74 Å². The van der Waals surface area contributed by atoms with E-state index in [0.29, 0.717) is 11.7 Å². The summed E-state index contributed by atoms with van der Waals surface area (Å²) in [6.45, 7) is 3.95. The molecule has 1 fully saturated rings. The minimum absolute atomic E-state index is 0.0406. The zero-order valence-corrected chi connectivity index (χ0v) is 15.7. The van der Waals surface area contributed by atoms with Crippen molar-refractivity contribution in [1.82, 2.24) is 9.80 Å². The van der Waals surface area contributed by atoms with Gasteiger partial charge in [0.1, 0.15) is 5.75 Å². The number of ether oxygens (including phenoxy) is 1. The second kappa shape index (κ2) is 8.90. The summed E-state index contributed by atoms with van der Waals surface area (Å²) in [5.74, 6) is 1.84. The predicted molar refractivity (Wildman–Crippen MR) is 102 cm³/mol. The van der Waals surface area contributed by atoms with Crippen molar-refractivity contribution in [2.24, 2.45) is 5.92 Å². The van der Waals surface area contributed by atoms with Crippen LogP contribution in [-0.4, -0.2) is 56.0 Å². The minimum atomic E-state index is -0.0406. The van der Waals surface area contributed by atoms with E-state index in [0.717, 1.165) is 38.3 Å². The van der Waals surface area contributed by atoms with E-state index in [2.05, 4.69) is 17.0 Å². The number of hydrogen-bond donors (Lipinski definition) is 0. The number of para-hydroxylation sites is 1. The van der Waals surface area contributed by atoms with Gasteiger partial charge in [0, 0.05) is 26.7 Å². The maximum absolute atomic E-state index is 12.3.